The molecule has 0 bridgehead atoms. The van der Waals surface area contributed by atoms with Gasteiger partial charge in [0.2, 0.25) is 0 Å². The number of aliphatic imine (C=N–C) groups is 2. The third-order valence-electron chi connectivity index (χ3n) is 9.54. The van der Waals surface area contributed by atoms with Crippen LogP contribution in [0.4, 0.5) is 0 Å². The molecule has 1 aliphatic carbocycles. The Kier molecular flexibility index (Phi) is 6.98. The molecule has 8 aromatic rings. The molecule has 9 rings (SSSR count). The van der Waals surface area contributed by atoms with Crippen molar-refractivity contribution in [2.24, 2.45) is 15.7 Å². The number of rotatable bonds is 7. The molecule has 1 unspecified atom stereocenters. The summed E-state index contributed by atoms with van der Waals surface area (Å²) < 4.78 is 0. The summed E-state index contributed by atoms with van der Waals surface area (Å²) in [6.07, 6.45) is 3.31. The lowest BCUT2D eigenvalue weighted by Crippen LogP contribution is -2.15. The van der Waals surface area contributed by atoms with Gasteiger partial charge in [-0.05, 0) is 83.7 Å². The lowest BCUT2D eigenvalue weighted by molar-refractivity contribution is 0.781. The van der Waals surface area contributed by atoms with Gasteiger partial charge < -0.3 is 10.7 Å². The van der Waals surface area contributed by atoms with Gasteiger partial charge in [-0.15, -0.1) is 0 Å². The van der Waals surface area contributed by atoms with Gasteiger partial charge in [0.05, 0.1) is 5.69 Å². The highest BCUT2D eigenvalue weighted by Gasteiger charge is 2.30. The van der Waals surface area contributed by atoms with Gasteiger partial charge in [0.1, 0.15) is 5.84 Å². The maximum Gasteiger partial charge on any atom is 0.167 e. The van der Waals surface area contributed by atoms with Crippen LogP contribution in [0.1, 0.15) is 23.0 Å². The highest BCUT2D eigenvalue weighted by Crippen LogP contribution is 2.57. The number of hydrogen-bond acceptors (Lipinski definition) is 2. The van der Waals surface area contributed by atoms with Crippen LogP contribution in [0, 0.1) is 0 Å². The fourth-order valence-corrected chi connectivity index (χ4v) is 7.41. The highest BCUT2D eigenvalue weighted by molar-refractivity contribution is 6.28. The van der Waals surface area contributed by atoms with E-state index in [1.165, 1.54) is 60.7 Å². The first kappa shape index (κ1) is 28.7. The molecule has 49 heavy (non-hydrogen) atoms. The van der Waals surface area contributed by atoms with Gasteiger partial charge in [-0.2, -0.15) is 0 Å². The summed E-state index contributed by atoms with van der Waals surface area (Å²) in [6, 6.07) is 55.6. The summed E-state index contributed by atoms with van der Waals surface area (Å²) in [4.78, 5) is 13.1. The van der Waals surface area contributed by atoms with Crippen LogP contribution in [0.5, 0.6) is 0 Å². The van der Waals surface area contributed by atoms with Gasteiger partial charge in [0.25, 0.3) is 0 Å². The van der Waals surface area contributed by atoms with E-state index in [0.29, 0.717) is 5.84 Å². The SMILES string of the molecule is NC(=NC(N=Cc1ccc2c3c(cccc13)-c1c-2c(-c2ccccc2)c2ccccc2c1-c1ccccc1)c1ccccc1)c1ccc[nH]1. The van der Waals surface area contributed by atoms with Crippen LogP contribution in [-0.4, -0.2) is 17.0 Å². The van der Waals surface area contributed by atoms with Gasteiger partial charge in [0.15, 0.2) is 6.17 Å². The summed E-state index contributed by atoms with van der Waals surface area (Å²) in [7, 11) is 0. The van der Waals surface area contributed by atoms with Crippen LogP contribution in [0.3, 0.4) is 0 Å². The molecule has 0 spiro atoms. The maximum atomic E-state index is 6.45. The van der Waals surface area contributed by atoms with Gasteiger partial charge in [-0.3, -0.25) is 4.99 Å². The fourth-order valence-electron chi connectivity index (χ4n) is 7.41. The van der Waals surface area contributed by atoms with Crippen molar-refractivity contribution in [1.82, 2.24) is 4.98 Å². The summed E-state index contributed by atoms with van der Waals surface area (Å²) in [5.41, 5.74) is 19.2. The molecule has 1 atom stereocenters. The van der Waals surface area contributed by atoms with Crippen LogP contribution in [0.2, 0.25) is 0 Å². The zero-order valence-electron chi connectivity index (χ0n) is 26.7. The van der Waals surface area contributed by atoms with Gasteiger partial charge in [0, 0.05) is 18.0 Å². The molecule has 0 amide bonds. The number of hydrogen-bond donors (Lipinski definition) is 2. The largest absolute Gasteiger partial charge is 0.382 e. The predicted octanol–water partition coefficient (Wildman–Crippen LogP) is 10.8. The number of nitrogens with one attached hydrogen (secondary N) is 1. The fraction of sp³-hybridized carbons (Fsp3) is 0.0222. The minimum absolute atomic E-state index is 0.417. The zero-order chi connectivity index (χ0) is 32.7. The van der Waals surface area contributed by atoms with Crippen LogP contribution in [0.15, 0.2) is 174 Å². The number of nitrogens with zero attached hydrogens (tertiary/aromatic N) is 2. The van der Waals surface area contributed by atoms with Crippen LogP contribution in [-0.2, 0) is 0 Å². The van der Waals surface area contributed by atoms with E-state index in [2.05, 4.69) is 120 Å². The number of fused-ring (bicyclic) bond motifs is 4. The van der Waals surface area contributed by atoms with E-state index in [-0.39, 0.29) is 0 Å². The van der Waals surface area contributed by atoms with Crippen molar-refractivity contribution in [3.63, 3.8) is 0 Å². The van der Waals surface area contributed by atoms with Crippen molar-refractivity contribution >= 4 is 33.6 Å². The summed E-state index contributed by atoms with van der Waals surface area (Å²) in [6.45, 7) is 0. The third-order valence-corrected chi connectivity index (χ3v) is 9.54. The van der Waals surface area contributed by atoms with Crippen LogP contribution in [0.25, 0.3) is 66.1 Å². The molecule has 232 valence electrons. The molecular formula is C45H32N4. The molecule has 0 radical (unpaired) electrons. The molecule has 1 aliphatic rings. The first-order chi connectivity index (χ1) is 24.3. The van der Waals surface area contributed by atoms with Crippen molar-refractivity contribution in [3.05, 3.63) is 181 Å². The van der Waals surface area contributed by atoms with Gasteiger partial charge in [-0.25, -0.2) is 4.99 Å². The highest BCUT2D eigenvalue weighted by atomic mass is 15.0. The minimum Gasteiger partial charge on any atom is -0.382 e. The average Bonchev–Trinajstić information content (AvgIpc) is 3.82. The average molecular weight is 629 g/mol. The van der Waals surface area contributed by atoms with Crippen LogP contribution < -0.4 is 5.73 Å². The Hall–Kier alpha value is -6.52. The quantitative estimate of drug-likeness (QED) is 0.134. The number of aromatic nitrogens is 1. The first-order valence-electron chi connectivity index (χ1n) is 16.6. The molecule has 3 N–H and O–H groups in total. The van der Waals surface area contributed by atoms with Crippen molar-refractivity contribution in [2.75, 3.05) is 0 Å². The standard InChI is InChI=1S/C45H32N4/c46-44(38-24-13-27-47-38)49-45(31-18-8-3-9-19-31)48-28-32-25-26-37-41-33(32)22-12-23-36(41)42-39(29-14-4-1-5-15-29)34-20-10-11-21-35(34)40(43(37)42)30-16-6-2-7-17-30/h1-28,45,47H,(H2,46,49). The van der Waals surface area contributed by atoms with E-state index in [1.54, 1.807) is 0 Å². The number of nitrogens with two attached hydrogens (primary N) is 1. The monoisotopic (exact) mass is 628 g/mol. The number of aromatic amines is 1. The van der Waals surface area contributed by atoms with E-state index in [0.717, 1.165) is 22.2 Å². The molecule has 7 aromatic carbocycles. The summed E-state index contributed by atoms with van der Waals surface area (Å²) in [5, 5.41) is 4.91. The molecule has 1 heterocycles. The number of amidine groups is 1. The molecular weight excluding hydrogens is 597 g/mol. The Morgan fingerprint density at radius 1 is 0.531 bits per heavy atom. The molecule has 0 saturated heterocycles. The van der Waals surface area contributed by atoms with E-state index >= 15 is 0 Å². The second kappa shape index (κ2) is 11.9. The number of benzene rings is 7. The predicted molar refractivity (Wildman–Crippen MR) is 205 cm³/mol. The Labute approximate surface area is 285 Å². The first-order valence-corrected chi connectivity index (χ1v) is 16.6. The minimum atomic E-state index is -0.496. The lowest BCUT2D eigenvalue weighted by atomic mass is 9.82. The summed E-state index contributed by atoms with van der Waals surface area (Å²) >= 11 is 0. The van der Waals surface area contributed by atoms with Gasteiger partial charge >= 0.3 is 0 Å². The van der Waals surface area contributed by atoms with E-state index < -0.39 is 6.17 Å². The Morgan fingerprint density at radius 2 is 1.10 bits per heavy atom. The third kappa shape index (κ3) is 4.85. The van der Waals surface area contributed by atoms with Crippen molar-refractivity contribution in [1.29, 1.82) is 0 Å². The molecule has 0 aliphatic heterocycles. The maximum absolute atomic E-state index is 6.45. The number of H-pyrrole nitrogens is 1. The zero-order valence-corrected chi connectivity index (χ0v) is 26.7. The van der Waals surface area contributed by atoms with Crippen LogP contribution >= 0.6 is 0 Å². The van der Waals surface area contributed by atoms with E-state index in [4.69, 9.17) is 15.7 Å². The Morgan fingerprint density at radius 3 is 1.71 bits per heavy atom. The molecule has 0 fully saturated rings. The second-order valence-corrected chi connectivity index (χ2v) is 12.4. The van der Waals surface area contributed by atoms with Crippen molar-refractivity contribution in [3.8, 4) is 44.5 Å². The second-order valence-electron chi connectivity index (χ2n) is 12.4. The topological polar surface area (TPSA) is 66.5 Å². The van der Waals surface area contributed by atoms with E-state index in [1.807, 2.05) is 54.9 Å². The normalized spacial score (nSPS) is 12.9. The Bertz CT molecular complexity index is 2440. The molecule has 1 aromatic heterocycles. The lowest BCUT2D eigenvalue weighted by Gasteiger charge is -2.20. The van der Waals surface area contributed by atoms with Crippen molar-refractivity contribution < 1.29 is 0 Å². The molecule has 4 heteroatoms. The Balaban J connectivity index is 1.28. The van der Waals surface area contributed by atoms with E-state index in [9.17, 15) is 0 Å². The van der Waals surface area contributed by atoms with Gasteiger partial charge in [-0.1, -0.05) is 146 Å². The molecule has 4 nitrogen and oxygen atoms in total. The smallest absolute Gasteiger partial charge is 0.167 e. The summed E-state index contributed by atoms with van der Waals surface area (Å²) in [5.74, 6) is 0.417. The van der Waals surface area contributed by atoms with Crippen molar-refractivity contribution in [2.45, 2.75) is 6.17 Å². The molecule has 0 saturated carbocycles.